The van der Waals surface area contributed by atoms with E-state index in [1.54, 1.807) is 6.07 Å². The van der Waals surface area contributed by atoms with E-state index in [2.05, 4.69) is 57.3 Å². The number of hydrogen-bond acceptors (Lipinski definition) is 2. The van der Waals surface area contributed by atoms with Crippen LogP contribution in [0.4, 0.5) is 0 Å². The summed E-state index contributed by atoms with van der Waals surface area (Å²) in [7, 11) is 0. The number of nitrogens with one attached hydrogen (secondary N) is 1. The largest absolute Gasteiger partial charge is 0.472 e. The Balaban J connectivity index is 2.17. The normalized spacial score (nSPS) is 12.7. The number of carbonyl (C=O) groups excluding carboxylic acids is 1. The Morgan fingerprint density at radius 2 is 1.62 bits per heavy atom. The molecule has 0 bridgehead atoms. The number of carbonyl (C=O) groups is 1. The van der Waals surface area contributed by atoms with Crippen molar-refractivity contribution < 1.29 is 9.21 Å². The van der Waals surface area contributed by atoms with Crippen LogP contribution in [0, 0.1) is 5.92 Å². The van der Waals surface area contributed by atoms with Crippen LogP contribution in [-0.2, 0) is 0 Å². The van der Waals surface area contributed by atoms with E-state index in [4.69, 9.17) is 4.42 Å². The summed E-state index contributed by atoms with van der Waals surface area (Å²) < 4.78 is 4.96. The van der Waals surface area contributed by atoms with Gasteiger partial charge in [-0.05, 0) is 29.0 Å². The zero-order valence-electron chi connectivity index (χ0n) is 13.1. The molecule has 2 aromatic rings. The molecule has 1 aromatic heterocycles. The lowest BCUT2D eigenvalue weighted by Gasteiger charge is -2.23. The highest BCUT2D eigenvalue weighted by Crippen LogP contribution is 2.24. The molecule has 0 saturated heterocycles. The fraction of sp³-hybridized carbons (Fsp3) is 0.389. The molecule has 1 aromatic carbocycles. The first-order chi connectivity index (χ1) is 9.99. The summed E-state index contributed by atoms with van der Waals surface area (Å²) in [4.78, 5) is 12.2. The Hall–Kier alpha value is -2.03. The first-order valence-corrected chi connectivity index (χ1v) is 7.42. The van der Waals surface area contributed by atoms with Crippen LogP contribution in [-0.4, -0.2) is 5.91 Å². The summed E-state index contributed by atoms with van der Waals surface area (Å²) in [5, 5.41) is 3.08. The summed E-state index contributed by atoms with van der Waals surface area (Å²) in [5.74, 6) is 0.721. The average molecular weight is 285 g/mol. The van der Waals surface area contributed by atoms with Crippen LogP contribution in [0.25, 0.3) is 0 Å². The third kappa shape index (κ3) is 3.75. The standard InChI is InChI=1S/C18H23NO2/c1-12(2)14-5-7-15(8-6-14)17(13(3)4)19-18(20)16-9-10-21-11-16/h5-13,17H,1-4H3,(H,19,20). The van der Waals surface area contributed by atoms with E-state index in [1.165, 1.54) is 18.1 Å². The molecule has 0 saturated carbocycles. The van der Waals surface area contributed by atoms with Gasteiger partial charge in [0.2, 0.25) is 0 Å². The minimum atomic E-state index is -0.101. The third-order valence-electron chi connectivity index (χ3n) is 3.70. The molecule has 1 N–H and O–H groups in total. The number of rotatable bonds is 5. The molecule has 0 aliphatic rings. The van der Waals surface area contributed by atoms with Gasteiger partial charge in [-0.1, -0.05) is 52.0 Å². The molecule has 112 valence electrons. The summed E-state index contributed by atoms with van der Waals surface area (Å²) in [5.41, 5.74) is 2.99. The smallest absolute Gasteiger partial charge is 0.255 e. The molecule has 2 rings (SSSR count). The van der Waals surface area contributed by atoms with Crippen LogP contribution in [0.15, 0.2) is 47.3 Å². The summed E-state index contributed by atoms with van der Waals surface area (Å²) in [6.07, 6.45) is 2.98. The van der Waals surface area contributed by atoms with Crippen molar-refractivity contribution in [1.82, 2.24) is 5.32 Å². The lowest BCUT2D eigenvalue weighted by Crippen LogP contribution is -2.31. The maximum absolute atomic E-state index is 12.2. The fourth-order valence-electron chi connectivity index (χ4n) is 2.34. The molecule has 0 fully saturated rings. The van der Waals surface area contributed by atoms with Gasteiger partial charge in [0.05, 0.1) is 17.9 Å². The van der Waals surface area contributed by atoms with Crippen molar-refractivity contribution in [2.24, 2.45) is 5.92 Å². The van der Waals surface area contributed by atoms with Gasteiger partial charge >= 0.3 is 0 Å². The monoisotopic (exact) mass is 285 g/mol. The van der Waals surface area contributed by atoms with Gasteiger partial charge in [0.25, 0.3) is 5.91 Å². The number of hydrogen-bond donors (Lipinski definition) is 1. The lowest BCUT2D eigenvalue weighted by molar-refractivity contribution is 0.0925. The van der Waals surface area contributed by atoms with Crippen molar-refractivity contribution >= 4 is 5.91 Å². The molecule has 0 aliphatic heterocycles. The topological polar surface area (TPSA) is 42.2 Å². The fourth-order valence-corrected chi connectivity index (χ4v) is 2.34. The van der Waals surface area contributed by atoms with E-state index >= 15 is 0 Å². The van der Waals surface area contributed by atoms with E-state index in [-0.39, 0.29) is 11.9 Å². The molecular formula is C18H23NO2. The van der Waals surface area contributed by atoms with Gasteiger partial charge in [0.15, 0.2) is 0 Å². The first kappa shape index (κ1) is 15.4. The lowest BCUT2D eigenvalue weighted by atomic mass is 9.93. The van der Waals surface area contributed by atoms with Gasteiger partial charge in [0, 0.05) is 0 Å². The van der Waals surface area contributed by atoms with Gasteiger partial charge < -0.3 is 9.73 Å². The van der Waals surface area contributed by atoms with E-state index in [0.717, 1.165) is 5.56 Å². The van der Waals surface area contributed by atoms with Crippen LogP contribution in [0.2, 0.25) is 0 Å². The summed E-state index contributed by atoms with van der Waals surface area (Å²) in [6.45, 7) is 8.57. The molecule has 1 unspecified atom stereocenters. The maximum Gasteiger partial charge on any atom is 0.255 e. The zero-order valence-corrected chi connectivity index (χ0v) is 13.1. The van der Waals surface area contributed by atoms with Crippen LogP contribution in [0.3, 0.4) is 0 Å². The van der Waals surface area contributed by atoms with Crippen molar-refractivity contribution in [3.63, 3.8) is 0 Å². The molecule has 0 radical (unpaired) electrons. The Morgan fingerprint density at radius 3 is 2.10 bits per heavy atom. The Bertz CT molecular complexity index is 568. The second-order valence-corrected chi connectivity index (χ2v) is 6.03. The third-order valence-corrected chi connectivity index (χ3v) is 3.70. The highest BCUT2D eigenvalue weighted by atomic mass is 16.3. The van der Waals surface area contributed by atoms with E-state index in [9.17, 15) is 4.79 Å². The van der Waals surface area contributed by atoms with Crippen LogP contribution in [0.5, 0.6) is 0 Å². The van der Waals surface area contributed by atoms with Gasteiger partial charge in [-0.15, -0.1) is 0 Å². The number of amides is 1. The summed E-state index contributed by atoms with van der Waals surface area (Å²) >= 11 is 0. The Morgan fingerprint density at radius 1 is 1.00 bits per heavy atom. The summed E-state index contributed by atoms with van der Waals surface area (Å²) in [6, 6.07) is 10.2. The average Bonchev–Trinajstić information content (AvgIpc) is 2.98. The van der Waals surface area contributed by atoms with E-state index < -0.39 is 0 Å². The molecule has 1 amide bonds. The van der Waals surface area contributed by atoms with Gasteiger partial charge in [-0.25, -0.2) is 0 Å². The van der Waals surface area contributed by atoms with Crippen LogP contribution in [0.1, 0.15) is 61.1 Å². The number of furan rings is 1. The molecule has 3 heteroatoms. The Labute approximate surface area is 126 Å². The van der Waals surface area contributed by atoms with Gasteiger partial charge in [0.1, 0.15) is 6.26 Å². The highest BCUT2D eigenvalue weighted by molar-refractivity contribution is 5.94. The first-order valence-electron chi connectivity index (χ1n) is 7.42. The van der Waals surface area contributed by atoms with E-state index in [0.29, 0.717) is 17.4 Å². The second-order valence-electron chi connectivity index (χ2n) is 6.03. The molecule has 0 aliphatic carbocycles. The molecule has 1 heterocycles. The van der Waals surface area contributed by atoms with Crippen LogP contribution >= 0.6 is 0 Å². The quantitative estimate of drug-likeness (QED) is 0.877. The van der Waals surface area contributed by atoms with Crippen molar-refractivity contribution in [1.29, 1.82) is 0 Å². The highest BCUT2D eigenvalue weighted by Gasteiger charge is 2.19. The molecule has 21 heavy (non-hydrogen) atoms. The van der Waals surface area contributed by atoms with Crippen molar-refractivity contribution in [2.75, 3.05) is 0 Å². The predicted molar refractivity (Wildman–Crippen MR) is 84.3 cm³/mol. The van der Waals surface area contributed by atoms with Crippen molar-refractivity contribution in [3.05, 3.63) is 59.5 Å². The predicted octanol–water partition coefficient (Wildman–Crippen LogP) is 4.53. The molecule has 3 nitrogen and oxygen atoms in total. The molecule has 1 atom stereocenters. The van der Waals surface area contributed by atoms with Crippen LogP contribution < -0.4 is 5.32 Å². The van der Waals surface area contributed by atoms with Crippen molar-refractivity contribution in [2.45, 2.75) is 39.7 Å². The van der Waals surface area contributed by atoms with Crippen molar-refractivity contribution in [3.8, 4) is 0 Å². The number of benzene rings is 1. The van der Waals surface area contributed by atoms with E-state index in [1.807, 2.05) is 0 Å². The minimum absolute atomic E-state index is 0.00591. The Kier molecular flexibility index (Phi) is 4.84. The molecule has 0 spiro atoms. The minimum Gasteiger partial charge on any atom is -0.472 e. The molecular weight excluding hydrogens is 262 g/mol. The zero-order chi connectivity index (χ0) is 15.4. The SMILES string of the molecule is CC(C)c1ccc(C(NC(=O)c2ccoc2)C(C)C)cc1. The van der Waals surface area contributed by atoms with Gasteiger partial charge in [-0.3, -0.25) is 4.79 Å². The second kappa shape index (κ2) is 6.61. The van der Waals surface area contributed by atoms with Gasteiger partial charge in [-0.2, -0.15) is 0 Å². The maximum atomic E-state index is 12.2.